The van der Waals surface area contributed by atoms with Crippen LogP contribution in [0.15, 0.2) is 12.1 Å². The predicted molar refractivity (Wildman–Crippen MR) is 82.3 cm³/mol. The molecule has 1 saturated heterocycles. The third-order valence-electron chi connectivity index (χ3n) is 4.17. The normalized spacial score (nSPS) is 29.4. The Kier molecular flexibility index (Phi) is 4.28. The third-order valence-corrected chi connectivity index (χ3v) is 7.23. The lowest BCUT2D eigenvalue weighted by Crippen LogP contribution is -2.43. The summed E-state index contributed by atoms with van der Waals surface area (Å²) in [6.07, 6.45) is 0.239. The number of hydrogen-bond acceptors (Lipinski definition) is 5. The van der Waals surface area contributed by atoms with Crippen molar-refractivity contribution in [2.75, 3.05) is 25.4 Å². The predicted octanol–water partition coefficient (Wildman–Crippen LogP) is 1.48. The molecule has 2 heterocycles. The van der Waals surface area contributed by atoms with Gasteiger partial charge in [-0.3, -0.25) is 4.79 Å². The van der Waals surface area contributed by atoms with Crippen LogP contribution in [-0.2, 0) is 19.6 Å². The lowest BCUT2D eigenvalue weighted by molar-refractivity contribution is -0.138. The average Bonchev–Trinajstić information content (AvgIpc) is 3.09. The molecule has 0 bridgehead atoms. The number of carboxylic acid groups (broad SMARTS) is 1. The first-order chi connectivity index (χ1) is 10.4. The zero-order valence-electron chi connectivity index (χ0n) is 12.3. The highest BCUT2D eigenvalue weighted by Gasteiger charge is 2.47. The molecule has 1 aliphatic heterocycles. The number of sulfonamides is 1. The summed E-state index contributed by atoms with van der Waals surface area (Å²) >= 11 is 1.61. The Balaban J connectivity index is 1.65. The number of hydrogen-bond donors (Lipinski definition) is 1. The maximum atomic E-state index is 12.5. The largest absolute Gasteiger partial charge is 0.481 e. The molecule has 122 valence electrons. The van der Waals surface area contributed by atoms with Gasteiger partial charge in [-0.25, -0.2) is 8.42 Å². The highest BCUT2D eigenvalue weighted by molar-refractivity contribution is 7.89. The van der Waals surface area contributed by atoms with Crippen molar-refractivity contribution in [3.63, 3.8) is 0 Å². The number of aryl methyl sites for hydroxylation is 1. The van der Waals surface area contributed by atoms with Gasteiger partial charge in [-0.05, 0) is 31.4 Å². The Morgan fingerprint density at radius 1 is 1.50 bits per heavy atom. The van der Waals surface area contributed by atoms with Gasteiger partial charge in [-0.15, -0.1) is 11.3 Å². The van der Waals surface area contributed by atoms with Crippen LogP contribution in [0.2, 0.25) is 0 Å². The number of aliphatic carboxylic acids is 1. The maximum absolute atomic E-state index is 12.5. The zero-order valence-corrected chi connectivity index (χ0v) is 13.9. The van der Waals surface area contributed by atoms with Crippen molar-refractivity contribution in [1.29, 1.82) is 0 Å². The van der Waals surface area contributed by atoms with Gasteiger partial charge in [-0.1, -0.05) is 0 Å². The van der Waals surface area contributed by atoms with Crippen molar-refractivity contribution in [2.45, 2.75) is 19.4 Å². The van der Waals surface area contributed by atoms with E-state index in [2.05, 4.69) is 0 Å². The van der Waals surface area contributed by atoms with Crippen LogP contribution in [0.4, 0.5) is 0 Å². The smallest absolute Gasteiger partial charge is 0.306 e. The van der Waals surface area contributed by atoms with Crippen LogP contribution in [0.25, 0.3) is 0 Å². The van der Waals surface area contributed by atoms with Crippen LogP contribution in [-0.4, -0.2) is 49.2 Å². The molecule has 2 aliphatic rings. The first-order valence-corrected chi connectivity index (χ1v) is 9.68. The molecule has 3 atom stereocenters. The fourth-order valence-electron chi connectivity index (χ4n) is 2.79. The summed E-state index contributed by atoms with van der Waals surface area (Å²) in [6.45, 7) is 3.03. The molecule has 1 aromatic heterocycles. The van der Waals surface area contributed by atoms with Gasteiger partial charge < -0.3 is 9.84 Å². The molecule has 8 heteroatoms. The molecule has 0 spiro atoms. The first-order valence-electron chi connectivity index (χ1n) is 7.25. The first kappa shape index (κ1) is 15.9. The number of ether oxygens (including phenoxy) is 1. The number of rotatable bonds is 5. The topological polar surface area (TPSA) is 83.9 Å². The van der Waals surface area contributed by atoms with Gasteiger partial charge in [0.2, 0.25) is 10.0 Å². The van der Waals surface area contributed by atoms with E-state index in [-0.39, 0.29) is 17.8 Å². The van der Waals surface area contributed by atoms with E-state index >= 15 is 0 Å². The van der Waals surface area contributed by atoms with Crippen molar-refractivity contribution in [3.05, 3.63) is 21.9 Å². The quantitative estimate of drug-likeness (QED) is 0.874. The SMILES string of the molecule is Cc1ccc(C2CN(S(=O)(=O)C[C@@H]3C[C@H]3C(=O)O)CCO2)s1. The monoisotopic (exact) mass is 345 g/mol. The van der Waals surface area contributed by atoms with Gasteiger partial charge in [0.1, 0.15) is 6.10 Å². The van der Waals surface area contributed by atoms with E-state index in [9.17, 15) is 13.2 Å². The van der Waals surface area contributed by atoms with Gasteiger partial charge in [0.05, 0.1) is 18.3 Å². The van der Waals surface area contributed by atoms with Crippen molar-refractivity contribution in [3.8, 4) is 0 Å². The molecule has 1 N–H and O–H groups in total. The van der Waals surface area contributed by atoms with E-state index in [0.717, 1.165) is 4.88 Å². The van der Waals surface area contributed by atoms with Crippen molar-refractivity contribution in [2.24, 2.45) is 11.8 Å². The Morgan fingerprint density at radius 2 is 2.27 bits per heavy atom. The van der Waals surface area contributed by atoms with Crippen LogP contribution >= 0.6 is 11.3 Å². The second-order valence-corrected chi connectivity index (χ2v) is 9.22. The summed E-state index contributed by atoms with van der Waals surface area (Å²) in [5.74, 6) is -1.70. The third kappa shape index (κ3) is 3.34. The molecule has 0 aromatic carbocycles. The summed E-state index contributed by atoms with van der Waals surface area (Å²) < 4.78 is 32.1. The summed E-state index contributed by atoms with van der Waals surface area (Å²) in [6, 6.07) is 3.97. The second-order valence-electron chi connectivity index (χ2n) is 5.88. The molecule has 22 heavy (non-hydrogen) atoms. The van der Waals surface area contributed by atoms with Crippen LogP contribution in [0.3, 0.4) is 0 Å². The molecular weight excluding hydrogens is 326 g/mol. The summed E-state index contributed by atoms with van der Waals surface area (Å²) in [5, 5.41) is 8.90. The minimum absolute atomic E-state index is 0.0693. The van der Waals surface area contributed by atoms with E-state index in [1.807, 2.05) is 19.1 Å². The summed E-state index contributed by atoms with van der Waals surface area (Å²) in [4.78, 5) is 13.0. The fraction of sp³-hybridized carbons (Fsp3) is 0.643. The molecule has 1 unspecified atom stereocenters. The van der Waals surface area contributed by atoms with E-state index in [1.165, 1.54) is 9.18 Å². The Labute approximate surface area is 133 Å². The second kappa shape index (κ2) is 5.92. The van der Waals surface area contributed by atoms with E-state index in [0.29, 0.717) is 26.1 Å². The number of nitrogens with zero attached hydrogens (tertiary/aromatic N) is 1. The highest BCUT2D eigenvalue weighted by Crippen LogP contribution is 2.40. The highest BCUT2D eigenvalue weighted by atomic mass is 32.2. The van der Waals surface area contributed by atoms with Crippen LogP contribution in [0.5, 0.6) is 0 Å². The molecule has 2 fully saturated rings. The Morgan fingerprint density at radius 3 is 2.86 bits per heavy atom. The lowest BCUT2D eigenvalue weighted by atomic mass is 10.2. The van der Waals surface area contributed by atoms with E-state index < -0.39 is 21.9 Å². The van der Waals surface area contributed by atoms with Crippen molar-refractivity contribution >= 4 is 27.3 Å². The van der Waals surface area contributed by atoms with Gasteiger partial charge in [-0.2, -0.15) is 4.31 Å². The van der Waals surface area contributed by atoms with Crippen LogP contribution in [0, 0.1) is 18.8 Å². The average molecular weight is 345 g/mol. The van der Waals surface area contributed by atoms with Crippen LogP contribution < -0.4 is 0 Å². The maximum Gasteiger partial charge on any atom is 0.306 e. The van der Waals surface area contributed by atoms with Gasteiger partial charge in [0, 0.05) is 22.8 Å². The van der Waals surface area contributed by atoms with E-state index in [1.54, 1.807) is 11.3 Å². The van der Waals surface area contributed by atoms with E-state index in [4.69, 9.17) is 9.84 Å². The lowest BCUT2D eigenvalue weighted by Gasteiger charge is -2.31. The number of carbonyl (C=O) groups is 1. The zero-order chi connectivity index (χ0) is 15.9. The molecule has 0 amide bonds. The fourth-order valence-corrected chi connectivity index (χ4v) is 5.54. The molecule has 0 radical (unpaired) electrons. The minimum Gasteiger partial charge on any atom is -0.481 e. The number of thiophene rings is 1. The molecule has 1 aliphatic carbocycles. The van der Waals surface area contributed by atoms with Gasteiger partial charge in [0.15, 0.2) is 0 Å². The molecule has 3 rings (SSSR count). The minimum atomic E-state index is -3.43. The Bertz CT molecular complexity index is 669. The Hall–Kier alpha value is -0.960. The number of carboxylic acids is 1. The molecule has 1 aromatic rings. The van der Waals surface area contributed by atoms with Crippen molar-refractivity contribution in [1.82, 2.24) is 4.31 Å². The van der Waals surface area contributed by atoms with Crippen LogP contribution in [0.1, 0.15) is 22.3 Å². The standard InChI is InChI=1S/C14H19NO5S2/c1-9-2-3-13(21-9)12-7-15(4-5-20-12)22(18,19)8-10-6-11(10)14(16)17/h2-3,10-12H,4-8H2,1H3,(H,16,17)/t10-,11+,12?/m0/s1. The van der Waals surface area contributed by atoms with Gasteiger partial charge >= 0.3 is 5.97 Å². The van der Waals surface area contributed by atoms with Gasteiger partial charge in [0.25, 0.3) is 0 Å². The summed E-state index contributed by atoms with van der Waals surface area (Å²) in [7, 11) is -3.43. The molecule has 6 nitrogen and oxygen atoms in total. The van der Waals surface area contributed by atoms with Crippen molar-refractivity contribution < 1.29 is 23.1 Å². The molecule has 1 saturated carbocycles. The number of morpholine rings is 1. The summed E-state index contributed by atoms with van der Waals surface area (Å²) in [5.41, 5.74) is 0. The molecular formula is C14H19NO5S2.